The number of hydrogen-bond acceptors (Lipinski definition) is 4. The van der Waals surface area contributed by atoms with Crippen molar-refractivity contribution in [3.05, 3.63) is 34.5 Å². The van der Waals surface area contributed by atoms with Gasteiger partial charge in [-0.15, -0.1) is 0 Å². The van der Waals surface area contributed by atoms with Crippen molar-refractivity contribution in [3.8, 4) is 0 Å². The maximum atomic E-state index is 5.58. The molecule has 2 aromatic heterocycles. The zero-order valence-electron chi connectivity index (χ0n) is 14.1. The molecule has 0 saturated carbocycles. The number of nitrogens with zero attached hydrogens (tertiary/aromatic N) is 4. The molecule has 0 aliphatic carbocycles. The number of aryl methyl sites for hydroxylation is 3. The minimum absolute atomic E-state index is 0.336. The lowest BCUT2D eigenvalue weighted by Gasteiger charge is -2.28. The van der Waals surface area contributed by atoms with Crippen molar-refractivity contribution in [1.82, 2.24) is 19.8 Å². The molecule has 3 rings (SSSR count). The summed E-state index contributed by atoms with van der Waals surface area (Å²) in [7, 11) is 2.02. The van der Waals surface area contributed by atoms with E-state index in [1.54, 1.807) is 0 Å². The van der Waals surface area contributed by atoms with Crippen molar-refractivity contribution in [1.29, 1.82) is 0 Å². The minimum atomic E-state index is 0.336. The third-order valence-electron chi connectivity index (χ3n) is 4.86. The fraction of sp³-hybridized carbons (Fsp3) is 0.647. The van der Waals surface area contributed by atoms with E-state index in [2.05, 4.69) is 35.1 Å². The Kier molecular flexibility index (Phi) is 4.34. The van der Waals surface area contributed by atoms with E-state index in [0.717, 1.165) is 36.7 Å². The van der Waals surface area contributed by atoms with Crippen LogP contribution in [0.5, 0.6) is 0 Å². The molecule has 120 valence electrons. The maximum absolute atomic E-state index is 5.58. The van der Waals surface area contributed by atoms with Crippen molar-refractivity contribution < 1.29 is 4.52 Å². The topological polar surface area (TPSA) is 47.1 Å². The fourth-order valence-corrected chi connectivity index (χ4v) is 3.47. The molecular weight excluding hydrogens is 276 g/mol. The van der Waals surface area contributed by atoms with Crippen LogP contribution in [0, 0.1) is 20.8 Å². The Morgan fingerprint density at radius 2 is 2.05 bits per heavy atom. The Balaban J connectivity index is 1.87. The van der Waals surface area contributed by atoms with Crippen LogP contribution in [0.3, 0.4) is 0 Å². The molecule has 1 fully saturated rings. The highest BCUT2D eigenvalue weighted by Gasteiger charge is 2.27. The predicted octanol–water partition coefficient (Wildman–Crippen LogP) is 3.45. The summed E-state index contributed by atoms with van der Waals surface area (Å²) in [5, 5.41) is 8.64. The molecule has 0 N–H and O–H groups in total. The van der Waals surface area contributed by atoms with Crippen molar-refractivity contribution in [2.75, 3.05) is 6.54 Å². The van der Waals surface area contributed by atoms with E-state index in [1.807, 2.05) is 18.7 Å². The van der Waals surface area contributed by atoms with Gasteiger partial charge in [-0.2, -0.15) is 5.10 Å². The quantitative estimate of drug-likeness (QED) is 0.871. The highest BCUT2D eigenvalue weighted by molar-refractivity contribution is 5.24. The largest absolute Gasteiger partial charge is 0.359 e. The van der Waals surface area contributed by atoms with Crippen molar-refractivity contribution in [2.45, 2.75) is 59.0 Å². The van der Waals surface area contributed by atoms with Gasteiger partial charge in [0.2, 0.25) is 0 Å². The zero-order valence-corrected chi connectivity index (χ0v) is 14.1. The molecule has 3 heterocycles. The summed E-state index contributed by atoms with van der Waals surface area (Å²) >= 11 is 0. The fourth-order valence-electron chi connectivity index (χ4n) is 3.47. The van der Waals surface area contributed by atoms with Crippen LogP contribution in [-0.2, 0) is 13.6 Å². The lowest BCUT2D eigenvalue weighted by atomic mass is 10.1. The maximum Gasteiger partial charge on any atom is 0.154 e. The summed E-state index contributed by atoms with van der Waals surface area (Å²) in [5.41, 5.74) is 4.71. The van der Waals surface area contributed by atoms with Gasteiger partial charge < -0.3 is 4.52 Å². The Morgan fingerprint density at radius 1 is 1.23 bits per heavy atom. The summed E-state index contributed by atoms with van der Waals surface area (Å²) in [6, 6.07) is 2.43. The van der Waals surface area contributed by atoms with Crippen LogP contribution < -0.4 is 0 Å². The van der Waals surface area contributed by atoms with Gasteiger partial charge in [0.1, 0.15) is 0 Å². The SMILES string of the molecule is Cc1cc(C2CCCCCN2Cc2c(C)nn(C)c2C)on1. The van der Waals surface area contributed by atoms with E-state index in [4.69, 9.17) is 4.52 Å². The van der Waals surface area contributed by atoms with Crippen LogP contribution in [0.4, 0.5) is 0 Å². The highest BCUT2D eigenvalue weighted by Crippen LogP contribution is 2.32. The molecule has 1 aliphatic heterocycles. The van der Waals surface area contributed by atoms with Gasteiger partial charge in [0.25, 0.3) is 0 Å². The highest BCUT2D eigenvalue weighted by atomic mass is 16.5. The average molecular weight is 302 g/mol. The molecule has 0 bridgehead atoms. The molecule has 5 heteroatoms. The average Bonchev–Trinajstić information content (AvgIpc) is 2.90. The van der Waals surface area contributed by atoms with Crippen LogP contribution in [0.15, 0.2) is 10.6 Å². The van der Waals surface area contributed by atoms with Crippen LogP contribution in [0.2, 0.25) is 0 Å². The second-order valence-electron chi connectivity index (χ2n) is 6.48. The zero-order chi connectivity index (χ0) is 15.7. The number of hydrogen-bond donors (Lipinski definition) is 0. The summed E-state index contributed by atoms with van der Waals surface area (Å²) < 4.78 is 7.56. The lowest BCUT2D eigenvalue weighted by Crippen LogP contribution is -2.28. The smallest absolute Gasteiger partial charge is 0.154 e. The van der Waals surface area contributed by atoms with Crippen molar-refractivity contribution >= 4 is 0 Å². The molecule has 0 radical (unpaired) electrons. The monoisotopic (exact) mass is 302 g/mol. The Hall–Kier alpha value is -1.62. The van der Waals surface area contributed by atoms with Gasteiger partial charge in [-0.1, -0.05) is 18.0 Å². The van der Waals surface area contributed by atoms with Gasteiger partial charge in [0.15, 0.2) is 5.76 Å². The van der Waals surface area contributed by atoms with Crippen LogP contribution >= 0.6 is 0 Å². The molecule has 1 aliphatic rings. The minimum Gasteiger partial charge on any atom is -0.359 e. The van der Waals surface area contributed by atoms with Crippen molar-refractivity contribution in [3.63, 3.8) is 0 Å². The van der Waals surface area contributed by atoms with E-state index in [-0.39, 0.29) is 0 Å². The van der Waals surface area contributed by atoms with Gasteiger partial charge in [0.05, 0.1) is 17.4 Å². The normalized spacial score (nSPS) is 20.3. The lowest BCUT2D eigenvalue weighted by molar-refractivity contribution is 0.159. The van der Waals surface area contributed by atoms with Crippen LogP contribution in [-0.4, -0.2) is 26.4 Å². The summed E-state index contributed by atoms with van der Waals surface area (Å²) in [5.74, 6) is 1.01. The summed E-state index contributed by atoms with van der Waals surface area (Å²) in [4.78, 5) is 2.55. The molecule has 1 saturated heterocycles. The standard InChI is InChI=1S/C17H26N4O/c1-12-10-17(22-19-12)16-8-6-5-7-9-21(16)11-15-13(2)18-20(4)14(15)3/h10,16H,5-9,11H2,1-4H3. The molecule has 0 aromatic carbocycles. The van der Waals surface area contributed by atoms with E-state index in [9.17, 15) is 0 Å². The second kappa shape index (κ2) is 6.24. The molecule has 1 unspecified atom stereocenters. The first-order valence-corrected chi connectivity index (χ1v) is 8.22. The van der Waals surface area contributed by atoms with Gasteiger partial charge in [-0.05, 0) is 40.2 Å². The molecule has 0 spiro atoms. The molecule has 0 amide bonds. The second-order valence-corrected chi connectivity index (χ2v) is 6.48. The van der Waals surface area contributed by atoms with Crippen LogP contribution in [0.25, 0.3) is 0 Å². The third-order valence-corrected chi connectivity index (χ3v) is 4.86. The third kappa shape index (κ3) is 2.95. The number of rotatable bonds is 3. The summed E-state index contributed by atoms with van der Waals surface area (Å²) in [6.45, 7) is 8.30. The first kappa shape index (κ1) is 15.3. The molecule has 1 atom stereocenters. The first-order valence-electron chi connectivity index (χ1n) is 8.22. The molecular formula is C17H26N4O. The predicted molar refractivity (Wildman–Crippen MR) is 85.5 cm³/mol. The van der Waals surface area contributed by atoms with Gasteiger partial charge in [0, 0.05) is 30.9 Å². The van der Waals surface area contributed by atoms with Gasteiger partial charge in [-0.3, -0.25) is 9.58 Å². The van der Waals surface area contributed by atoms with E-state index < -0.39 is 0 Å². The van der Waals surface area contributed by atoms with Gasteiger partial charge >= 0.3 is 0 Å². The molecule has 5 nitrogen and oxygen atoms in total. The summed E-state index contributed by atoms with van der Waals surface area (Å²) in [6.07, 6.45) is 4.95. The van der Waals surface area contributed by atoms with E-state index in [0.29, 0.717) is 6.04 Å². The van der Waals surface area contributed by atoms with Crippen molar-refractivity contribution in [2.24, 2.45) is 7.05 Å². The Labute approximate surface area is 132 Å². The Bertz CT molecular complexity index is 643. The number of likely N-dealkylation sites (tertiary alicyclic amines) is 1. The van der Waals surface area contributed by atoms with E-state index in [1.165, 1.54) is 30.5 Å². The first-order chi connectivity index (χ1) is 10.6. The van der Waals surface area contributed by atoms with Gasteiger partial charge in [-0.25, -0.2) is 0 Å². The van der Waals surface area contributed by atoms with Crippen LogP contribution in [0.1, 0.15) is 60.1 Å². The Morgan fingerprint density at radius 3 is 2.68 bits per heavy atom. The molecule has 2 aromatic rings. The number of aromatic nitrogens is 3. The molecule has 22 heavy (non-hydrogen) atoms. The van der Waals surface area contributed by atoms with E-state index >= 15 is 0 Å².